The molecule has 0 fully saturated rings. The lowest BCUT2D eigenvalue weighted by molar-refractivity contribution is -0.128. The van der Waals surface area contributed by atoms with E-state index in [9.17, 15) is 14.4 Å². The van der Waals surface area contributed by atoms with Crippen LogP contribution in [-0.2, 0) is 14.3 Å². The van der Waals surface area contributed by atoms with Crippen LogP contribution in [0.25, 0.3) is 0 Å². The summed E-state index contributed by atoms with van der Waals surface area (Å²) in [5, 5.41) is 2.88. The van der Waals surface area contributed by atoms with Crippen molar-refractivity contribution in [2.75, 3.05) is 16.8 Å². The highest BCUT2D eigenvalue weighted by Gasteiger charge is 2.43. The fourth-order valence-electron chi connectivity index (χ4n) is 2.72. The number of anilines is 2. The van der Waals surface area contributed by atoms with Gasteiger partial charge in [0.05, 0.1) is 16.4 Å². The van der Waals surface area contributed by atoms with Gasteiger partial charge in [0.1, 0.15) is 10.7 Å². The first-order chi connectivity index (χ1) is 12.7. The van der Waals surface area contributed by atoms with E-state index in [1.54, 1.807) is 38.1 Å². The largest absolute Gasteiger partial charge is 0.451 e. The molecule has 2 amide bonds. The van der Waals surface area contributed by atoms with Crippen LogP contribution < -0.4 is 10.2 Å². The van der Waals surface area contributed by atoms with Crippen LogP contribution in [-0.4, -0.2) is 34.9 Å². The summed E-state index contributed by atoms with van der Waals surface area (Å²) in [6.07, 6.45) is 0. The van der Waals surface area contributed by atoms with E-state index in [1.807, 2.05) is 0 Å². The van der Waals surface area contributed by atoms with Gasteiger partial charge < -0.3 is 10.1 Å². The predicted molar refractivity (Wildman–Crippen MR) is 101 cm³/mol. The number of ether oxygens (including phenoxy) is 1. The summed E-state index contributed by atoms with van der Waals surface area (Å²) >= 11 is 11.7. The molecule has 0 spiro atoms. The molecule has 1 aromatic carbocycles. The van der Waals surface area contributed by atoms with Crippen LogP contribution in [0.4, 0.5) is 11.4 Å². The van der Waals surface area contributed by atoms with Gasteiger partial charge in [0.2, 0.25) is 5.91 Å². The van der Waals surface area contributed by atoms with Gasteiger partial charge in [-0.05, 0) is 38.1 Å². The van der Waals surface area contributed by atoms with Gasteiger partial charge in [0.15, 0.2) is 12.3 Å². The zero-order chi connectivity index (χ0) is 19.8. The summed E-state index contributed by atoms with van der Waals surface area (Å²) in [5.74, 6) is -1.79. The quantitative estimate of drug-likeness (QED) is 0.622. The average Bonchev–Trinajstić information content (AvgIpc) is 2.62. The number of hydrogen-bond donors (Lipinski definition) is 1. The van der Waals surface area contributed by atoms with E-state index in [1.165, 1.54) is 17.0 Å². The number of para-hydroxylation sites is 2. The minimum atomic E-state index is -1.16. The molecule has 2 aromatic rings. The molecule has 9 heteroatoms. The van der Waals surface area contributed by atoms with E-state index in [4.69, 9.17) is 27.9 Å². The molecule has 3 rings (SSSR count). The van der Waals surface area contributed by atoms with Crippen LogP contribution in [0.15, 0.2) is 36.4 Å². The first kappa shape index (κ1) is 19.1. The molecular formula is C18H15Cl2N3O4. The Morgan fingerprint density at radius 2 is 1.89 bits per heavy atom. The predicted octanol–water partition coefficient (Wildman–Crippen LogP) is 3.31. The molecule has 27 heavy (non-hydrogen) atoms. The van der Waals surface area contributed by atoms with E-state index >= 15 is 0 Å². The third kappa shape index (κ3) is 3.61. The standard InChI is InChI=1S/C18H15Cl2N3O4/c1-18(2)17(26)21-11-5-3-4-6-12(11)23(18)14(24)9-27-16(25)15-10(19)7-8-13(20)22-15/h3-8H,9H2,1-2H3,(H,21,26). The van der Waals surface area contributed by atoms with E-state index in [2.05, 4.69) is 10.3 Å². The topological polar surface area (TPSA) is 88.6 Å². The number of nitrogens with one attached hydrogen (secondary N) is 1. The van der Waals surface area contributed by atoms with Crippen molar-refractivity contribution < 1.29 is 19.1 Å². The van der Waals surface area contributed by atoms with Crippen molar-refractivity contribution in [1.29, 1.82) is 0 Å². The van der Waals surface area contributed by atoms with Crippen molar-refractivity contribution in [3.05, 3.63) is 52.3 Å². The molecule has 140 valence electrons. The molecule has 0 radical (unpaired) electrons. The summed E-state index contributed by atoms with van der Waals surface area (Å²) in [6.45, 7) is 2.62. The van der Waals surface area contributed by atoms with Crippen molar-refractivity contribution in [1.82, 2.24) is 4.98 Å². The van der Waals surface area contributed by atoms with Crippen LogP contribution >= 0.6 is 23.2 Å². The lowest BCUT2D eigenvalue weighted by atomic mass is 9.96. The Balaban J connectivity index is 1.82. The van der Waals surface area contributed by atoms with Crippen LogP contribution in [0.1, 0.15) is 24.3 Å². The van der Waals surface area contributed by atoms with Crippen LogP contribution in [0.2, 0.25) is 10.2 Å². The number of hydrogen-bond acceptors (Lipinski definition) is 5. The fraction of sp³-hybridized carbons (Fsp3) is 0.222. The number of nitrogens with zero attached hydrogens (tertiary/aromatic N) is 2. The number of benzene rings is 1. The number of pyridine rings is 1. The van der Waals surface area contributed by atoms with Crippen molar-refractivity contribution in [3.63, 3.8) is 0 Å². The molecule has 2 heterocycles. The first-order valence-electron chi connectivity index (χ1n) is 7.94. The third-order valence-corrected chi connectivity index (χ3v) is 4.60. The van der Waals surface area contributed by atoms with Gasteiger partial charge in [0, 0.05) is 0 Å². The zero-order valence-electron chi connectivity index (χ0n) is 14.5. The molecule has 1 N–H and O–H groups in total. The smallest absolute Gasteiger partial charge is 0.359 e. The molecule has 0 saturated heterocycles. The second-order valence-electron chi connectivity index (χ2n) is 6.30. The lowest BCUT2D eigenvalue weighted by Gasteiger charge is -2.41. The number of fused-ring (bicyclic) bond motifs is 1. The van der Waals surface area contributed by atoms with Gasteiger partial charge in [-0.1, -0.05) is 35.3 Å². The van der Waals surface area contributed by atoms with Crippen molar-refractivity contribution >= 4 is 52.4 Å². The maximum Gasteiger partial charge on any atom is 0.359 e. The second-order valence-corrected chi connectivity index (χ2v) is 7.09. The van der Waals surface area contributed by atoms with E-state index in [0.717, 1.165) is 0 Å². The highest BCUT2D eigenvalue weighted by molar-refractivity contribution is 6.34. The summed E-state index contributed by atoms with van der Waals surface area (Å²) in [6, 6.07) is 9.71. The molecule has 1 aliphatic rings. The molecule has 0 saturated carbocycles. The number of amides is 2. The van der Waals surface area contributed by atoms with Gasteiger partial charge in [-0.2, -0.15) is 0 Å². The number of aromatic nitrogens is 1. The molecule has 0 bridgehead atoms. The number of halogens is 2. The maximum absolute atomic E-state index is 12.8. The minimum Gasteiger partial charge on any atom is -0.451 e. The molecule has 0 unspecified atom stereocenters. The van der Waals surface area contributed by atoms with E-state index in [-0.39, 0.29) is 21.8 Å². The van der Waals surface area contributed by atoms with Gasteiger partial charge >= 0.3 is 5.97 Å². The normalized spacial score (nSPS) is 15.0. The summed E-state index contributed by atoms with van der Waals surface area (Å²) in [5.41, 5.74) is -0.333. The third-order valence-electron chi connectivity index (χ3n) is 4.09. The number of carbonyl (C=O) groups excluding carboxylic acids is 3. The van der Waals surface area contributed by atoms with Crippen molar-refractivity contribution in [3.8, 4) is 0 Å². The Morgan fingerprint density at radius 3 is 2.63 bits per heavy atom. The Labute approximate surface area is 165 Å². The Bertz CT molecular complexity index is 946. The summed E-state index contributed by atoms with van der Waals surface area (Å²) in [4.78, 5) is 42.5. The average molecular weight is 408 g/mol. The Kier molecular flexibility index (Phi) is 5.08. The molecule has 1 aromatic heterocycles. The molecular weight excluding hydrogens is 393 g/mol. The van der Waals surface area contributed by atoms with Gasteiger partial charge in [-0.25, -0.2) is 9.78 Å². The van der Waals surface area contributed by atoms with Gasteiger partial charge in [-0.15, -0.1) is 0 Å². The number of esters is 1. The first-order valence-corrected chi connectivity index (χ1v) is 8.70. The minimum absolute atomic E-state index is 0.0554. The van der Waals surface area contributed by atoms with E-state index < -0.39 is 24.0 Å². The zero-order valence-corrected chi connectivity index (χ0v) is 16.0. The second kappa shape index (κ2) is 7.17. The highest BCUT2D eigenvalue weighted by Crippen LogP contribution is 2.36. The number of carbonyl (C=O) groups is 3. The van der Waals surface area contributed by atoms with Gasteiger partial charge in [-0.3, -0.25) is 14.5 Å². The number of rotatable bonds is 3. The van der Waals surface area contributed by atoms with Gasteiger partial charge in [0.25, 0.3) is 5.91 Å². The molecule has 0 aliphatic carbocycles. The summed E-state index contributed by atoms with van der Waals surface area (Å²) in [7, 11) is 0. The van der Waals surface area contributed by atoms with E-state index in [0.29, 0.717) is 11.4 Å². The fourth-order valence-corrected chi connectivity index (χ4v) is 3.05. The highest BCUT2D eigenvalue weighted by atomic mass is 35.5. The van der Waals surface area contributed by atoms with Crippen LogP contribution in [0.5, 0.6) is 0 Å². The van der Waals surface area contributed by atoms with Crippen molar-refractivity contribution in [2.24, 2.45) is 0 Å². The molecule has 0 atom stereocenters. The Hall–Kier alpha value is -2.64. The molecule has 1 aliphatic heterocycles. The van der Waals surface area contributed by atoms with Crippen LogP contribution in [0.3, 0.4) is 0 Å². The SMILES string of the molecule is CC1(C)C(=O)Nc2ccccc2N1C(=O)COC(=O)c1nc(Cl)ccc1Cl. The Morgan fingerprint density at radius 1 is 1.19 bits per heavy atom. The maximum atomic E-state index is 12.8. The summed E-state index contributed by atoms with van der Waals surface area (Å²) < 4.78 is 5.06. The molecule has 7 nitrogen and oxygen atoms in total. The lowest BCUT2D eigenvalue weighted by Crippen LogP contribution is -2.59. The van der Waals surface area contributed by atoms with Crippen molar-refractivity contribution in [2.45, 2.75) is 19.4 Å². The van der Waals surface area contributed by atoms with Crippen LogP contribution in [0, 0.1) is 0 Å². The monoisotopic (exact) mass is 407 g/mol.